The lowest BCUT2D eigenvalue weighted by Gasteiger charge is -2.32. The van der Waals surface area contributed by atoms with Crippen molar-refractivity contribution in [3.63, 3.8) is 0 Å². The third kappa shape index (κ3) is 20.4. The Kier molecular flexibility index (Phi) is 25.6. The second kappa shape index (κ2) is 30.1. The lowest BCUT2D eigenvalue weighted by molar-refractivity contribution is -0.156. The van der Waals surface area contributed by atoms with Crippen LogP contribution < -0.4 is 60.2 Å². The van der Waals surface area contributed by atoms with Gasteiger partial charge in [-0.05, 0) is 88.4 Å². The van der Waals surface area contributed by atoms with Crippen molar-refractivity contribution >= 4 is 41.9 Å². The molecule has 19 N–H and O–H groups in total. The number of benzene rings is 1. The molecule has 3 amide bonds. The van der Waals surface area contributed by atoms with Gasteiger partial charge in [-0.1, -0.05) is 45.9 Å². The number of carbonyl (C=O) groups is 7. The fourth-order valence-electron chi connectivity index (χ4n) is 8.90. The summed E-state index contributed by atoms with van der Waals surface area (Å²) in [6.07, 6.45) is -3.34. The molecule has 72 heavy (non-hydrogen) atoms. The van der Waals surface area contributed by atoms with Crippen LogP contribution in [0.5, 0.6) is 5.75 Å². The van der Waals surface area contributed by atoms with Crippen molar-refractivity contribution in [1.29, 1.82) is 0 Å². The first kappa shape index (κ1) is 61.2. The van der Waals surface area contributed by atoms with Crippen molar-refractivity contribution < 1.29 is 63.5 Å². The topological polar surface area (TPSA) is 407 Å². The van der Waals surface area contributed by atoms with Crippen LogP contribution in [0, 0.1) is 17.8 Å². The Bertz CT molecular complexity index is 1960. The number of likely N-dealkylation sites (N-methyl/N-ethyl adjacent to an activating group) is 1. The number of aliphatic hydroxyl groups is 1. The van der Waals surface area contributed by atoms with E-state index in [0.29, 0.717) is 42.6 Å². The van der Waals surface area contributed by atoms with Crippen molar-refractivity contribution in [3.8, 4) is 5.75 Å². The van der Waals surface area contributed by atoms with E-state index in [-0.39, 0.29) is 56.0 Å². The molecule has 1 saturated heterocycles. The average Bonchev–Trinajstić information content (AvgIpc) is 3.96. The number of ether oxygens (including phenoxy) is 2. The van der Waals surface area contributed by atoms with Gasteiger partial charge in [0.05, 0.1) is 42.8 Å². The van der Waals surface area contributed by atoms with Crippen molar-refractivity contribution in [1.82, 2.24) is 37.2 Å². The summed E-state index contributed by atoms with van der Waals surface area (Å²) in [7, 11) is 1.85. The summed E-state index contributed by atoms with van der Waals surface area (Å²) in [5.74, 6) is -5.75. The maximum absolute atomic E-state index is 14.1. The van der Waals surface area contributed by atoms with Crippen LogP contribution in [0.3, 0.4) is 0 Å². The molecule has 13 unspecified atom stereocenters. The number of aldehydes is 1. The van der Waals surface area contributed by atoms with Crippen LogP contribution in [0.15, 0.2) is 35.9 Å². The predicted octanol–water partition coefficient (Wildman–Crippen LogP) is -1.94. The molecule has 1 aliphatic carbocycles. The van der Waals surface area contributed by atoms with Crippen LogP contribution in [-0.4, -0.2) is 155 Å². The Morgan fingerprint density at radius 2 is 1.47 bits per heavy atom. The third-order valence-corrected chi connectivity index (χ3v) is 12.5. The summed E-state index contributed by atoms with van der Waals surface area (Å²) in [5, 5.41) is 60.1. The molecule has 0 aromatic heterocycles. The SMILES string of the molecule is CNC(CC(C)C)C1NC(CC(N)N)C(C2CCC=C2C(=O)NC(CCC(=O)O)C(=O)NC(C(C)O)C(N)NCC(N)NC(CCC(=O)O)C(=O)NC(Cc2ccc(O)cc2)C(=O)OC(C=O)CC(C)C)O1. The standard InChI is InChI=1S/C48H81N11O13/c1-24(2)18-29(23-60)71-48(70)36(20-27-10-12-28(62)13-11-27)57-45(68)32(14-16-39(63)64)55-38(51)22-54-43(52)41(26(5)61)59-46(69)33(15-17-40(65)66)56-44(67)31-9-7-8-30(31)42-34(21-37(49)50)58-47(72-42)35(53-6)19-25(3)4/h9-13,23-26,29-30,32-38,41-43,47,53-55,58,61-62H,7-8,14-22,49-52H2,1-6H3,(H,56,67)(H,57,68)(H,59,69)(H,63,64)(H,65,66). The smallest absolute Gasteiger partial charge is 0.329 e. The lowest BCUT2D eigenvalue weighted by atomic mass is 9.88. The first-order valence-corrected chi connectivity index (χ1v) is 24.7. The minimum atomic E-state index is -1.39. The zero-order valence-corrected chi connectivity index (χ0v) is 42.3. The summed E-state index contributed by atoms with van der Waals surface area (Å²) in [6.45, 7) is 8.99. The zero-order chi connectivity index (χ0) is 53.8. The largest absolute Gasteiger partial charge is 0.508 e. The van der Waals surface area contributed by atoms with Crippen LogP contribution in [0.4, 0.5) is 0 Å². The van der Waals surface area contributed by atoms with Crippen LogP contribution in [0.25, 0.3) is 0 Å². The van der Waals surface area contributed by atoms with Gasteiger partial charge in [0, 0.05) is 49.4 Å². The number of aliphatic carboxylic acids is 2. The van der Waals surface area contributed by atoms with Gasteiger partial charge in [0.1, 0.15) is 24.1 Å². The average molecular weight is 1020 g/mol. The number of amides is 3. The van der Waals surface area contributed by atoms with Crippen molar-refractivity contribution in [2.24, 2.45) is 40.7 Å². The number of aromatic hydroxyl groups is 1. The number of phenolic OH excluding ortho intramolecular Hbond substituents is 1. The number of allylic oxidation sites excluding steroid dienone is 1. The first-order valence-electron chi connectivity index (χ1n) is 24.7. The second-order valence-electron chi connectivity index (χ2n) is 19.7. The van der Waals surface area contributed by atoms with Crippen molar-refractivity contribution in [2.45, 2.75) is 178 Å². The molecule has 2 aliphatic rings. The second-order valence-corrected chi connectivity index (χ2v) is 19.7. The van der Waals surface area contributed by atoms with E-state index in [4.69, 9.17) is 32.4 Å². The van der Waals surface area contributed by atoms with E-state index in [1.54, 1.807) is 6.08 Å². The summed E-state index contributed by atoms with van der Waals surface area (Å²) < 4.78 is 12.0. The molecule has 3 rings (SSSR count). The predicted molar refractivity (Wildman–Crippen MR) is 265 cm³/mol. The van der Waals surface area contributed by atoms with Gasteiger partial charge in [-0.2, -0.15) is 0 Å². The lowest BCUT2D eigenvalue weighted by Crippen LogP contribution is -2.64. The van der Waals surface area contributed by atoms with Crippen molar-refractivity contribution in [2.75, 3.05) is 13.6 Å². The maximum Gasteiger partial charge on any atom is 0.329 e. The van der Waals surface area contributed by atoms with E-state index < -0.39 is 122 Å². The van der Waals surface area contributed by atoms with E-state index in [2.05, 4.69) is 51.1 Å². The molecule has 1 heterocycles. The minimum Gasteiger partial charge on any atom is -0.508 e. The van der Waals surface area contributed by atoms with E-state index in [1.165, 1.54) is 31.2 Å². The molecule has 0 spiro atoms. The summed E-state index contributed by atoms with van der Waals surface area (Å²) in [6, 6.07) is 0.171. The number of hydrogen-bond acceptors (Lipinski definition) is 19. The number of carboxylic acids is 2. The molecule has 1 aromatic rings. The van der Waals surface area contributed by atoms with Crippen LogP contribution in [-0.2, 0) is 49.5 Å². The highest BCUT2D eigenvalue weighted by atomic mass is 16.5. The fraction of sp³-hybridized carbons (Fsp3) is 0.688. The molecule has 0 radical (unpaired) electrons. The highest BCUT2D eigenvalue weighted by molar-refractivity contribution is 5.98. The molecule has 0 bridgehead atoms. The van der Waals surface area contributed by atoms with Crippen molar-refractivity contribution in [3.05, 3.63) is 41.5 Å². The Morgan fingerprint density at radius 1 is 0.861 bits per heavy atom. The zero-order valence-electron chi connectivity index (χ0n) is 42.3. The number of aliphatic hydroxyl groups excluding tert-OH is 1. The fourth-order valence-corrected chi connectivity index (χ4v) is 8.90. The van der Waals surface area contributed by atoms with Gasteiger partial charge < -0.3 is 74.1 Å². The molecule has 24 nitrogen and oxygen atoms in total. The van der Waals surface area contributed by atoms with E-state index >= 15 is 0 Å². The Balaban J connectivity index is 1.74. The number of carboxylic acid groups (broad SMARTS) is 2. The quantitative estimate of drug-likeness (QED) is 0.0207. The highest BCUT2D eigenvalue weighted by Crippen LogP contribution is 2.37. The van der Waals surface area contributed by atoms with Gasteiger partial charge in [-0.15, -0.1) is 0 Å². The normalized spacial score (nSPS) is 21.7. The molecule has 1 fully saturated rings. The number of nitrogens with one attached hydrogen (secondary N) is 7. The molecule has 24 heteroatoms. The van der Waals surface area contributed by atoms with Gasteiger partial charge in [-0.25, -0.2) is 4.79 Å². The van der Waals surface area contributed by atoms with Gasteiger partial charge in [0.15, 0.2) is 12.4 Å². The number of nitrogens with two attached hydrogens (primary N) is 4. The van der Waals surface area contributed by atoms with Gasteiger partial charge >= 0.3 is 17.9 Å². The molecular weight excluding hydrogens is 939 g/mol. The minimum absolute atomic E-state index is 0.00709. The molecule has 0 saturated carbocycles. The Labute approximate surface area is 421 Å². The van der Waals surface area contributed by atoms with Crippen LogP contribution in [0.2, 0.25) is 0 Å². The van der Waals surface area contributed by atoms with Crippen LogP contribution in [0.1, 0.15) is 98.0 Å². The van der Waals surface area contributed by atoms with Crippen LogP contribution >= 0.6 is 0 Å². The number of esters is 1. The molecule has 406 valence electrons. The summed E-state index contributed by atoms with van der Waals surface area (Å²) in [4.78, 5) is 90.5. The molecular formula is C48H81N11O13. The Morgan fingerprint density at radius 3 is 2.03 bits per heavy atom. The monoisotopic (exact) mass is 1020 g/mol. The van der Waals surface area contributed by atoms with Gasteiger partial charge in [0.2, 0.25) is 17.7 Å². The number of phenols is 1. The third-order valence-electron chi connectivity index (χ3n) is 12.5. The van der Waals surface area contributed by atoms with Gasteiger partial charge in [-0.3, -0.25) is 44.7 Å². The van der Waals surface area contributed by atoms with Gasteiger partial charge in [0.25, 0.3) is 0 Å². The highest BCUT2D eigenvalue weighted by Gasteiger charge is 2.46. The number of hydrogen-bond donors (Lipinski definition) is 15. The Hall–Kier alpha value is -5.15. The first-order chi connectivity index (χ1) is 33.9. The molecule has 1 aliphatic heterocycles. The number of rotatable bonds is 33. The number of carbonyl (C=O) groups excluding carboxylic acids is 5. The maximum atomic E-state index is 14.1. The van der Waals surface area contributed by atoms with E-state index in [0.717, 1.165) is 6.42 Å². The van der Waals surface area contributed by atoms with E-state index in [1.807, 2.05) is 20.9 Å². The van der Waals surface area contributed by atoms with E-state index in [9.17, 15) is 54.0 Å². The summed E-state index contributed by atoms with van der Waals surface area (Å²) in [5.41, 5.74) is 25.8. The molecule has 13 atom stereocenters. The molecule has 1 aromatic carbocycles. The summed E-state index contributed by atoms with van der Waals surface area (Å²) >= 11 is 0.